The van der Waals surface area contributed by atoms with Crippen molar-refractivity contribution in [2.75, 3.05) is 7.11 Å². The fourth-order valence-electron chi connectivity index (χ4n) is 2.50. The van der Waals surface area contributed by atoms with Crippen molar-refractivity contribution < 1.29 is 9.84 Å². The van der Waals surface area contributed by atoms with Gasteiger partial charge in [-0.15, -0.1) is 15.0 Å². The van der Waals surface area contributed by atoms with Crippen LogP contribution in [0.15, 0.2) is 54.6 Å². The lowest BCUT2D eigenvalue weighted by atomic mass is 10.1. The van der Waals surface area contributed by atoms with Gasteiger partial charge in [0.1, 0.15) is 22.5 Å². The van der Waals surface area contributed by atoms with Crippen molar-refractivity contribution in [2.45, 2.75) is 19.4 Å². The Bertz CT molecular complexity index is 806. The molecule has 0 amide bonds. The van der Waals surface area contributed by atoms with E-state index in [1.165, 1.54) is 4.80 Å². The van der Waals surface area contributed by atoms with Crippen LogP contribution in [-0.2, 0) is 11.2 Å². The summed E-state index contributed by atoms with van der Waals surface area (Å²) in [7, 11) is 1.69. The molecule has 1 aromatic heterocycles. The number of methoxy groups -OCH3 is 1. The molecule has 0 saturated heterocycles. The molecular formula is C18H19N3O2. The van der Waals surface area contributed by atoms with Gasteiger partial charge in [-0.25, -0.2) is 0 Å². The molecule has 1 unspecified atom stereocenters. The molecule has 3 aromatic rings. The van der Waals surface area contributed by atoms with E-state index in [-0.39, 0.29) is 11.9 Å². The van der Waals surface area contributed by atoms with Crippen molar-refractivity contribution in [3.8, 4) is 11.4 Å². The number of hydrogen-bond acceptors (Lipinski definition) is 4. The molecule has 0 aliphatic carbocycles. The van der Waals surface area contributed by atoms with Crippen molar-refractivity contribution in [1.29, 1.82) is 0 Å². The monoisotopic (exact) mass is 309 g/mol. The lowest BCUT2D eigenvalue weighted by molar-refractivity contribution is 0.141. The first-order chi connectivity index (χ1) is 11.2. The Balaban J connectivity index is 1.97. The summed E-state index contributed by atoms with van der Waals surface area (Å²) in [6.07, 6.45) is 4.70. The number of allylic oxidation sites excluding steroid dienone is 1. The minimum absolute atomic E-state index is 0.00189. The molecule has 0 saturated carbocycles. The number of aromatic nitrogens is 3. The van der Waals surface area contributed by atoms with Crippen LogP contribution >= 0.6 is 0 Å². The van der Waals surface area contributed by atoms with Crippen LogP contribution in [0.5, 0.6) is 5.75 Å². The predicted molar refractivity (Wildman–Crippen MR) is 89.8 cm³/mol. The third kappa shape index (κ3) is 3.24. The van der Waals surface area contributed by atoms with Gasteiger partial charge in [-0.05, 0) is 36.8 Å². The van der Waals surface area contributed by atoms with Crippen molar-refractivity contribution in [3.63, 3.8) is 0 Å². The Kier molecular flexibility index (Phi) is 4.39. The molecule has 1 N–H and O–H groups in total. The third-order valence-electron chi connectivity index (χ3n) is 3.69. The van der Waals surface area contributed by atoms with Gasteiger partial charge in [-0.1, -0.05) is 30.4 Å². The van der Waals surface area contributed by atoms with Crippen LogP contribution < -0.4 is 0 Å². The highest BCUT2D eigenvalue weighted by Gasteiger charge is 2.11. The van der Waals surface area contributed by atoms with Gasteiger partial charge in [-0.3, -0.25) is 0 Å². The fourth-order valence-corrected chi connectivity index (χ4v) is 2.50. The van der Waals surface area contributed by atoms with E-state index in [1.54, 1.807) is 13.2 Å². The summed E-state index contributed by atoms with van der Waals surface area (Å²) < 4.78 is 5.43. The summed E-state index contributed by atoms with van der Waals surface area (Å²) in [6, 6.07) is 13.1. The van der Waals surface area contributed by atoms with E-state index in [0.717, 1.165) is 23.0 Å². The van der Waals surface area contributed by atoms with Gasteiger partial charge in [0.05, 0.1) is 6.10 Å². The van der Waals surface area contributed by atoms with Crippen LogP contribution in [0.2, 0.25) is 0 Å². The second-order valence-corrected chi connectivity index (χ2v) is 5.31. The quantitative estimate of drug-likeness (QED) is 0.735. The normalized spacial score (nSPS) is 13.0. The van der Waals surface area contributed by atoms with Gasteiger partial charge in [0, 0.05) is 13.5 Å². The van der Waals surface area contributed by atoms with Crippen LogP contribution in [0.3, 0.4) is 0 Å². The zero-order chi connectivity index (χ0) is 16.2. The summed E-state index contributed by atoms with van der Waals surface area (Å²) in [5.74, 6) is 0.147. The number of fused-ring (bicyclic) bond motifs is 1. The molecule has 2 aromatic carbocycles. The average molecular weight is 309 g/mol. The van der Waals surface area contributed by atoms with E-state index in [1.807, 2.05) is 55.5 Å². The van der Waals surface area contributed by atoms with Gasteiger partial charge in [-0.2, -0.15) is 0 Å². The Morgan fingerprint density at radius 3 is 2.48 bits per heavy atom. The Labute approximate surface area is 134 Å². The zero-order valence-electron chi connectivity index (χ0n) is 13.2. The highest BCUT2D eigenvalue weighted by Crippen LogP contribution is 2.24. The first-order valence-electron chi connectivity index (χ1n) is 7.51. The average Bonchev–Trinajstić information content (AvgIpc) is 2.99. The number of rotatable bonds is 5. The van der Waals surface area contributed by atoms with E-state index in [4.69, 9.17) is 4.74 Å². The standard InChI is InChI=1S/C18H19N3O2/c1-3-6-14(23-2)11-13-9-10-18(22)17(12-13)21-19-15-7-4-5-8-16(15)20-21/h3-10,12,14,22H,11H2,1-2H3. The maximum absolute atomic E-state index is 10.2. The van der Waals surface area contributed by atoms with Gasteiger partial charge >= 0.3 is 0 Å². The predicted octanol–water partition coefficient (Wildman–Crippen LogP) is 3.26. The van der Waals surface area contributed by atoms with Crippen LogP contribution in [0.25, 0.3) is 16.7 Å². The number of hydrogen-bond donors (Lipinski definition) is 1. The van der Waals surface area contributed by atoms with Gasteiger partial charge in [0.25, 0.3) is 0 Å². The minimum atomic E-state index is 0.00189. The number of nitrogens with zero attached hydrogens (tertiary/aromatic N) is 3. The van der Waals surface area contributed by atoms with E-state index in [2.05, 4.69) is 10.2 Å². The number of phenolic OH excluding ortho intramolecular Hbond substituents is 1. The molecular weight excluding hydrogens is 290 g/mol. The molecule has 3 rings (SSSR count). The van der Waals surface area contributed by atoms with Gasteiger partial charge in [0.15, 0.2) is 0 Å². The lowest BCUT2D eigenvalue weighted by Crippen LogP contribution is -2.11. The second kappa shape index (κ2) is 6.62. The molecule has 0 radical (unpaired) electrons. The van der Waals surface area contributed by atoms with E-state index in [0.29, 0.717) is 5.69 Å². The van der Waals surface area contributed by atoms with Gasteiger partial charge in [0.2, 0.25) is 0 Å². The smallest absolute Gasteiger partial charge is 0.143 e. The molecule has 0 spiro atoms. The van der Waals surface area contributed by atoms with Crippen LogP contribution in [0, 0.1) is 0 Å². The minimum Gasteiger partial charge on any atom is -0.506 e. The van der Waals surface area contributed by atoms with Gasteiger partial charge < -0.3 is 9.84 Å². The molecule has 23 heavy (non-hydrogen) atoms. The number of benzene rings is 2. The molecule has 5 nitrogen and oxygen atoms in total. The first kappa shape index (κ1) is 15.2. The molecule has 0 bridgehead atoms. The molecule has 1 heterocycles. The molecule has 1 atom stereocenters. The van der Waals surface area contributed by atoms with Crippen LogP contribution in [0.1, 0.15) is 12.5 Å². The molecule has 5 heteroatoms. The Morgan fingerprint density at radius 2 is 1.87 bits per heavy atom. The third-order valence-corrected chi connectivity index (χ3v) is 3.69. The van der Waals surface area contributed by atoms with Crippen LogP contribution in [0.4, 0.5) is 0 Å². The van der Waals surface area contributed by atoms with Crippen molar-refractivity contribution in [3.05, 3.63) is 60.2 Å². The van der Waals surface area contributed by atoms with Crippen molar-refractivity contribution in [1.82, 2.24) is 15.0 Å². The largest absolute Gasteiger partial charge is 0.506 e. The number of ether oxygens (including phenoxy) is 1. The van der Waals surface area contributed by atoms with Crippen molar-refractivity contribution >= 4 is 11.0 Å². The summed E-state index contributed by atoms with van der Waals surface area (Å²) in [5.41, 5.74) is 3.19. The molecule has 0 fully saturated rings. The fraction of sp³-hybridized carbons (Fsp3) is 0.222. The van der Waals surface area contributed by atoms with E-state index < -0.39 is 0 Å². The van der Waals surface area contributed by atoms with E-state index >= 15 is 0 Å². The Morgan fingerprint density at radius 1 is 1.17 bits per heavy atom. The second-order valence-electron chi connectivity index (χ2n) is 5.31. The highest BCUT2D eigenvalue weighted by molar-refractivity contribution is 5.73. The first-order valence-corrected chi connectivity index (χ1v) is 7.51. The summed E-state index contributed by atoms with van der Waals surface area (Å²) in [4.78, 5) is 1.47. The summed E-state index contributed by atoms with van der Waals surface area (Å²) >= 11 is 0. The summed E-state index contributed by atoms with van der Waals surface area (Å²) in [5, 5.41) is 19.0. The molecule has 0 aliphatic heterocycles. The van der Waals surface area contributed by atoms with Crippen LogP contribution in [-0.4, -0.2) is 33.3 Å². The SMILES string of the molecule is CC=CC(Cc1ccc(O)c(-n2nc3ccccc3n2)c1)OC. The number of aromatic hydroxyl groups is 1. The maximum Gasteiger partial charge on any atom is 0.143 e. The number of phenols is 1. The van der Waals surface area contributed by atoms with E-state index in [9.17, 15) is 5.11 Å². The topological polar surface area (TPSA) is 60.2 Å². The Hall–Kier alpha value is -2.66. The summed E-state index contributed by atoms with van der Waals surface area (Å²) in [6.45, 7) is 1.97. The highest BCUT2D eigenvalue weighted by atomic mass is 16.5. The lowest BCUT2D eigenvalue weighted by Gasteiger charge is -2.12. The van der Waals surface area contributed by atoms with Crippen molar-refractivity contribution in [2.24, 2.45) is 0 Å². The maximum atomic E-state index is 10.2. The zero-order valence-corrected chi connectivity index (χ0v) is 13.2. The molecule has 0 aliphatic rings. The molecule has 118 valence electrons.